The van der Waals surface area contributed by atoms with Crippen molar-refractivity contribution < 1.29 is 9.15 Å². The maximum atomic E-state index is 5.89. The summed E-state index contributed by atoms with van der Waals surface area (Å²) in [7, 11) is 0. The van der Waals surface area contributed by atoms with Crippen LogP contribution in [0.5, 0.6) is 0 Å². The number of rotatable bonds is 3. The Hall–Kier alpha value is -1.36. The lowest BCUT2D eigenvalue weighted by atomic mass is 10.2. The molecule has 1 aliphatic rings. The summed E-state index contributed by atoms with van der Waals surface area (Å²) in [4.78, 5) is 6.94. The number of hydrogen-bond donors (Lipinski definition) is 0. The summed E-state index contributed by atoms with van der Waals surface area (Å²) in [6.45, 7) is 6.25. The van der Waals surface area contributed by atoms with Crippen molar-refractivity contribution in [2.24, 2.45) is 0 Å². The highest BCUT2D eigenvalue weighted by atomic mass is 35.5. The van der Waals surface area contributed by atoms with Crippen molar-refractivity contribution in [1.82, 2.24) is 9.88 Å². The smallest absolute Gasteiger partial charge is 0.226 e. The summed E-state index contributed by atoms with van der Waals surface area (Å²) in [6.07, 6.45) is 0. The molecule has 1 aliphatic heterocycles. The SMILES string of the molecule is Cc1oc(-c2ccc(Cl)cc2)nc1CN1CCOCC1. The summed E-state index contributed by atoms with van der Waals surface area (Å²) in [5, 5.41) is 0.713. The predicted octanol–water partition coefficient (Wildman–Crippen LogP) is 3.14. The molecule has 106 valence electrons. The Balaban J connectivity index is 1.78. The minimum atomic E-state index is 0.655. The first-order chi connectivity index (χ1) is 9.72. The average molecular weight is 293 g/mol. The van der Waals surface area contributed by atoms with E-state index in [2.05, 4.69) is 9.88 Å². The fourth-order valence-electron chi connectivity index (χ4n) is 2.26. The van der Waals surface area contributed by atoms with Gasteiger partial charge in [-0.15, -0.1) is 0 Å². The van der Waals surface area contributed by atoms with Crippen LogP contribution in [0.4, 0.5) is 0 Å². The zero-order valence-electron chi connectivity index (χ0n) is 11.4. The predicted molar refractivity (Wildman–Crippen MR) is 77.8 cm³/mol. The summed E-state index contributed by atoms with van der Waals surface area (Å²) in [5.41, 5.74) is 1.95. The maximum absolute atomic E-state index is 5.89. The molecule has 0 N–H and O–H groups in total. The molecule has 1 saturated heterocycles. The molecule has 0 atom stereocenters. The number of benzene rings is 1. The van der Waals surface area contributed by atoms with Crippen molar-refractivity contribution in [3.05, 3.63) is 40.7 Å². The minimum absolute atomic E-state index is 0.655. The van der Waals surface area contributed by atoms with Gasteiger partial charge in [0.1, 0.15) is 5.76 Å². The number of aromatic nitrogens is 1. The van der Waals surface area contributed by atoms with Crippen molar-refractivity contribution in [3.8, 4) is 11.5 Å². The molecule has 0 unspecified atom stereocenters. The summed E-state index contributed by atoms with van der Waals surface area (Å²) in [6, 6.07) is 7.54. The molecular formula is C15H17ClN2O2. The van der Waals surface area contributed by atoms with Gasteiger partial charge >= 0.3 is 0 Å². The molecule has 0 amide bonds. The highest BCUT2D eigenvalue weighted by Crippen LogP contribution is 2.24. The Morgan fingerprint density at radius 2 is 1.90 bits per heavy atom. The van der Waals surface area contributed by atoms with Crippen LogP contribution in [0.2, 0.25) is 5.02 Å². The zero-order valence-corrected chi connectivity index (χ0v) is 12.2. The van der Waals surface area contributed by atoms with E-state index in [1.54, 1.807) is 0 Å². The van der Waals surface area contributed by atoms with Gasteiger partial charge < -0.3 is 9.15 Å². The number of morpholine rings is 1. The molecule has 4 nitrogen and oxygen atoms in total. The largest absolute Gasteiger partial charge is 0.441 e. The van der Waals surface area contributed by atoms with Crippen molar-refractivity contribution >= 4 is 11.6 Å². The minimum Gasteiger partial charge on any atom is -0.441 e. The second kappa shape index (κ2) is 5.95. The summed E-state index contributed by atoms with van der Waals surface area (Å²) in [5.74, 6) is 1.53. The molecular weight excluding hydrogens is 276 g/mol. The van der Waals surface area contributed by atoms with Crippen LogP contribution in [0.1, 0.15) is 11.5 Å². The molecule has 20 heavy (non-hydrogen) atoms. The number of halogens is 1. The second-order valence-corrected chi connectivity index (χ2v) is 5.35. The van der Waals surface area contributed by atoms with Crippen LogP contribution in [0.25, 0.3) is 11.5 Å². The Morgan fingerprint density at radius 1 is 1.20 bits per heavy atom. The number of oxazole rings is 1. The van der Waals surface area contributed by atoms with Gasteiger partial charge in [-0.05, 0) is 31.2 Å². The Kier molecular flexibility index (Phi) is 4.05. The molecule has 2 heterocycles. The number of nitrogens with zero attached hydrogens (tertiary/aromatic N) is 2. The first kappa shape index (κ1) is 13.6. The van der Waals surface area contributed by atoms with Gasteiger partial charge in [0, 0.05) is 30.2 Å². The topological polar surface area (TPSA) is 38.5 Å². The van der Waals surface area contributed by atoms with E-state index in [1.807, 2.05) is 31.2 Å². The van der Waals surface area contributed by atoms with Crippen LogP contribution in [0.15, 0.2) is 28.7 Å². The summed E-state index contributed by atoms with van der Waals surface area (Å²) >= 11 is 5.89. The van der Waals surface area contributed by atoms with Crippen molar-refractivity contribution in [1.29, 1.82) is 0 Å². The Bertz CT molecular complexity index is 574. The van der Waals surface area contributed by atoms with E-state index >= 15 is 0 Å². The lowest BCUT2D eigenvalue weighted by Crippen LogP contribution is -2.35. The average Bonchev–Trinajstić information content (AvgIpc) is 2.82. The first-order valence-corrected chi connectivity index (χ1v) is 7.12. The van der Waals surface area contributed by atoms with Gasteiger partial charge in [0.05, 0.1) is 18.9 Å². The number of ether oxygens (including phenoxy) is 1. The van der Waals surface area contributed by atoms with E-state index in [1.165, 1.54) is 0 Å². The van der Waals surface area contributed by atoms with E-state index in [9.17, 15) is 0 Å². The normalized spacial score (nSPS) is 16.5. The van der Waals surface area contributed by atoms with Gasteiger partial charge in [0.2, 0.25) is 5.89 Å². The zero-order chi connectivity index (χ0) is 13.9. The van der Waals surface area contributed by atoms with Gasteiger partial charge in [-0.25, -0.2) is 4.98 Å². The monoisotopic (exact) mass is 292 g/mol. The molecule has 0 aliphatic carbocycles. The standard InChI is InChI=1S/C15H17ClN2O2/c1-11-14(10-18-6-8-19-9-7-18)17-15(20-11)12-2-4-13(16)5-3-12/h2-5H,6-10H2,1H3. The summed E-state index contributed by atoms with van der Waals surface area (Å²) < 4.78 is 11.1. The molecule has 0 saturated carbocycles. The van der Waals surface area contributed by atoms with Gasteiger partial charge in [-0.1, -0.05) is 11.6 Å². The van der Waals surface area contributed by atoms with Crippen LogP contribution >= 0.6 is 11.6 Å². The van der Waals surface area contributed by atoms with Gasteiger partial charge in [-0.2, -0.15) is 0 Å². The lowest BCUT2D eigenvalue weighted by molar-refractivity contribution is 0.0335. The van der Waals surface area contributed by atoms with Gasteiger partial charge in [0.15, 0.2) is 0 Å². The highest BCUT2D eigenvalue weighted by Gasteiger charge is 2.16. The molecule has 5 heteroatoms. The second-order valence-electron chi connectivity index (χ2n) is 4.92. The maximum Gasteiger partial charge on any atom is 0.226 e. The quantitative estimate of drug-likeness (QED) is 0.871. The van der Waals surface area contributed by atoms with E-state index in [0.29, 0.717) is 10.9 Å². The number of aryl methyl sites for hydroxylation is 1. The molecule has 1 fully saturated rings. The molecule has 3 rings (SSSR count). The first-order valence-electron chi connectivity index (χ1n) is 6.75. The molecule has 0 radical (unpaired) electrons. The fraction of sp³-hybridized carbons (Fsp3) is 0.400. The van der Waals surface area contributed by atoms with Crippen LogP contribution in [0.3, 0.4) is 0 Å². The van der Waals surface area contributed by atoms with E-state index in [4.69, 9.17) is 20.8 Å². The van der Waals surface area contributed by atoms with E-state index < -0.39 is 0 Å². The number of hydrogen-bond acceptors (Lipinski definition) is 4. The van der Waals surface area contributed by atoms with Crippen LogP contribution < -0.4 is 0 Å². The third kappa shape index (κ3) is 3.03. The molecule has 1 aromatic carbocycles. The molecule has 0 bridgehead atoms. The molecule has 2 aromatic rings. The van der Waals surface area contributed by atoms with Crippen molar-refractivity contribution in [3.63, 3.8) is 0 Å². The fourth-order valence-corrected chi connectivity index (χ4v) is 2.39. The van der Waals surface area contributed by atoms with Gasteiger partial charge in [0.25, 0.3) is 0 Å². The van der Waals surface area contributed by atoms with Crippen LogP contribution in [0, 0.1) is 6.92 Å². The third-order valence-corrected chi connectivity index (χ3v) is 3.71. The molecule has 1 aromatic heterocycles. The van der Waals surface area contributed by atoms with E-state index in [0.717, 1.165) is 49.9 Å². The molecule has 0 spiro atoms. The van der Waals surface area contributed by atoms with Crippen molar-refractivity contribution in [2.45, 2.75) is 13.5 Å². The van der Waals surface area contributed by atoms with Gasteiger partial charge in [-0.3, -0.25) is 4.90 Å². The Morgan fingerprint density at radius 3 is 2.60 bits per heavy atom. The lowest BCUT2D eigenvalue weighted by Gasteiger charge is -2.25. The van der Waals surface area contributed by atoms with Crippen LogP contribution in [-0.2, 0) is 11.3 Å². The van der Waals surface area contributed by atoms with E-state index in [-0.39, 0.29) is 0 Å². The van der Waals surface area contributed by atoms with Crippen molar-refractivity contribution in [2.75, 3.05) is 26.3 Å². The third-order valence-electron chi connectivity index (χ3n) is 3.46. The Labute approximate surface area is 123 Å². The highest BCUT2D eigenvalue weighted by molar-refractivity contribution is 6.30. The van der Waals surface area contributed by atoms with Crippen LogP contribution in [-0.4, -0.2) is 36.2 Å².